The largest absolute Gasteiger partial charge is 0.475 e. The molecule has 2 heterocycles. The van der Waals surface area contributed by atoms with Crippen molar-refractivity contribution >= 4 is 35.8 Å². The molecule has 1 saturated heterocycles. The summed E-state index contributed by atoms with van der Waals surface area (Å²) in [4.78, 5) is 23.4. The molecular formula is C25H36IN5O2. The topological polar surface area (TPSA) is 78.9 Å². The number of nitrogens with one attached hydrogen (secondary N) is 2. The number of halogens is 1. The molecule has 180 valence electrons. The number of hydrogen-bond acceptors (Lipinski definition) is 4. The Bertz CT molecular complexity index is 874. The lowest BCUT2D eigenvalue weighted by Gasteiger charge is -2.18. The molecule has 8 heteroatoms. The quantitative estimate of drug-likeness (QED) is 0.262. The predicted molar refractivity (Wildman–Crippen MR) is 143 cm³/mol. The van der Waals surface area contributed by atoms with Crippen molar-refractivity contribution < 1.29 is 9.53 Å². The van der Waals surface area contributed by atoms with E-state index in [1.807, 2.05) is 56.0 Å². The third-order valence-corrected chi connectivity index (χ3v) is 5.28. The zero-order valence-electron chi connectivity index (χ0n) is 19.8. The summed E-state index contributed by atoms with van der Waals surface area (Å²) < 4.78 is 5.59. The van der Waals surface area contributed by atoms with Gasteiger partial charge in [-0.3, -0.25) is 4.79 Å². The van der Waals surface area contributed by atoms with E-state index >= 15 is 0 Å². The second-order valence-corrected chi connectivity index (χ2v) is 8.39. The van der Waals surface area contributed by atoms with Crippen molar-refractivity contribution in [2.24, 2.45) is 10.9 Å². The van der Waals surface area contributed by atoms with E-state index in [4.69, 9.17) is 4.74 Å². The van der Waals surface area contributed by atoms with Gasteiger partial charge in [0.05, 0.1) is 12.6 Å². The van der Waals surface area contributed by atoms with Crippen LogP contribution in [0, 0.1) is 5.92 Å². The van der Waals surface area contributed by atoms with Gasteiger partial charge in [-0.2, -0.15) is 0 Å². The van der Waals surface area contributed by atoms with Crippen LogP contribution in [0.5, 0.6) is 5.88 Å². The number of hydrogen-bond donors (Lipinski definition) is 2. The van der Waals surface area contributed by atoms with Crippen molar-refractivity contribution in [2.45, 2.75) is 46.3 Å². The van der Waals surface area contributed by atoms with Gasteiger partial charge in [0.2, 0.25) is 11.8 Å². The van der Waals surface area contributed by atoms with Crippen LogP contribution >= 0.6 is 24.0 Å². The first-order chi connectivity index (χ1) is 15.5. The van der Waals surface area contributed by atoms with Crippen molar-refractivity contribution in [3.8, 4) is 5.88 Å². The van der Waals surface area contributed by atoms with E-state index in [0.29, 0.717) is 18.8 Å². The second-order valence-electron chi connectivity index (χ2n) is 8.39. The fourth-order valence-electron chi connectivity index (χ4n) is 3.68. The number of pyridine rings is 1. The number of nitrogens with zero attached hydrogens (tertiary/aromatic N) is 3. The molecule has 0 aliphatic carbocycles. The first kappa shape index (κ1) is 26.9. The molecule has 1 fully saturated rings. The van der Waals surface area contributed by atoms with E-state index in [1.165, 1.54) is 5.56 Å². The molecule has 2 aromatic rings. The van der Waals surface area contributed by atoms with E-state index in [0.717, 1.165) is 44.1 Å². The van der Waals surface area contributed by atoms with Crippen LogP contribution < -0.4 is 15.4 Å². The van der Waals surface area contributed by atoms with Gasteiger partial charge < -0.3 is 20.3 Å². The lowest BCUT2D eigenvalue weighted by molar-refractivity contribution is -0.127. The second kappa shape index (κ2) is 14.0. The minimum atomic E-state index is 0. The van der Waals surface area contributed by atoms with E-state index in [2.05, 4.69) is 32.7 Å². The first-order valence-electron chi connectivity index (χ1n) is 11.5. The third-order valence-electron chi connectivity index (χ3n) is 5.28. The van der Waals surface area contributed by atoms with Crippen LogP contribution in [-0.4, -0.2) is 54.0 Å². The van der Waals surface area contributed by atoms with Crippen LogP contribution in [0.15, 0.2) is 53.7 Å². The molecular weight excluding hydrogens is 529 g/mol. The Kier molecular flexibility index (Phi) is 11.4. The Morgan fingerprint density at radius 2 is 1.97 bits per heavy atom. The summed E-state index contributed by atoms with van der Waals surface area (Å²) in [7, 11) is 0. The molecule has 0 bridgehead atoms. The molecule has 1 aliphatic rings. The van der Waals surface area contributed by atoms with Crippen molar-refractivity contribution in [1.82, 2.24) is 20.5 Å². The molecule has 1 aromatic carbocycles. The molecule has 1 amide bonds. The number of ether oxygens (including phenoxy) is 1. The van der Waals surface area contributed by atoms with Crippen LogP contribution in [0.2, 0.25) is 0 Å². The Balaban J connectivity index is 0.00000385. The van der Waals surface area contributed by atoms with Gasteiger partial charge in [0.15, 0.2) is 5.96 Å². The smallest absolute Gasteiger partial charge is 0.223 e. The molecule has 0 radical (unpaired) electrons. The molecule has 1 atom stereocenters. The number of benzene rings is 1. The number of guanidine groups is 1. The third kappa shape index (κ3) is 9.19. The van der Waals surface area contributed by atoms with Gasteiger partial charge in [-0.15, -0.1) is 24.0 Å². The van der Waals surface area contributed by atoms with Gasteiger partial charge in [0.25, 0.3) is 0 Å². The summed E-state index contributed by atoms with van der Waals surface area (Å²) in [5, 5.41) is 6.68. The van der Waals surface area contributed by atoms with E-state index < -0.39 is 0 Å². The minimum absolute atomic E-state index is 0. The monoisotopic (exact) mass is 565 g/mol. The Labute approximate surface area is 214 Å². The van der Waals surface area contributed by atoms with Gasteiger partial charge in [-0.05, 0) is 38.3 Å². The summed E-state index contributed by atoms with van der Waals surface area (Å²) in [6.45, 7) is 9.59. The molecule has 33 heavy (non-hydrogen) atoms. The SMILES string of the molecule is CCNC(=NCc1ccc(OC(C)C)nc1)NCC1CC(=O)N(CCc2ccccc2)C1.I. The molecule has 1 aliphatic heterocycles. The van der Waals surface area contributed by atoms with Crippen LogP contribution in [0.3, 0.4) is 0 Å². The molecule has 1 aromatic heterocycles. The van der Waals surface area contributed by atoms with Crippen LogP contribution in [0.25, 0.3) is 0 Å². The number of likely N-dealkylation sites (tertiary alicyclic amines) is 1. The van der Waals surface area contributed by atoms with Crippen molar-refractivity contribution in [1.29, 1.82) is 0 Å². The van der Waals surface area contributed by atoms with Gasteiger partial charge in [0, 0.05) is 50.8 Å². The summed E-state index contributed by atoms with van der Waals surface area (Å²) in [6, 6.07) is 14.2. The highest BCUT2D eigenvalue weighted by Crippen LogP contribution is 2.17. The first-order valence-corrected chi connectivity index (χ1v) is 11.5. The number of carbonyl (C=O) groups is 1. The predicted octanol–water partition coefficient (Wildman–Crippen LogP) is 3.63. The Morgan fingerprint density at radius 3 is 2.64 bits per heavy atom. The average molecular weight is 566 g/mol. The van der Waals surface area contributed by atoms with Crippen LogP contribution in [0.1, 0.15) is 38.3 Å². The van der Waals surface area contributed by atoms with Gasteiger partial charge in [-0.1, -0.05) is 36.4 Å². The summed E-state index contributed by atoms with van der Waals surface area (Å²) in [6.07, 6.45) is 3.38. The van der Waals surface area contributed by atoms with E-state index in [9.17, 15) is 4.79 Å². The molecule has 7 nitrogen and oxygen atoms in total. The van der Waals surface area contributed by atoms with Crippen molar-refractivity contribution in [3.63, 3.8) is 0 Å². The maximum atomic E-state index is 12.4. The summed E-state index contributed by atoms with van der Waals surface area (Å²) in [5.41, 5.74) is 2.28. The zero-order valence-corrected chi connectivity index (χ0v) is 22.1. The molecule has 2 N–H and O–H groups in total. The zero-order chi connectivity index (χ0) is 22.8. The Hall–Kier alpha value is -2.36. The maximum Gasteiger partial charge on any atom is 0.223 e. The molecule has 0 saturated carbocycles. The fourth-order valence-corrected chi connectivity index (χ4v) is 3.68. The minimum Gasteiger partial charge on any atom is -0.475 e. The van der Waals surface area contributed by atoms with E-state index in [-0.39, 0.29) is 41.9 Å². The Morgan fingerprint density at radius 1 is 1.18 bits per heavy atom. The number of carbonyl (C=O) groups excluding carboxylic acids is 1. The average Bonchev–Trinajstić information content (AvgIpc) is 3.15. The molecule has 1 unspecified atom stereocenters. The maximum absolute atomic E-state index is 12.4. The number of amides is 1. The summed E-state index contributed by atoms with van der Waals surface area (Å²) in [5.74, 6) is 1.91. The van der Waals surface area contributed by atoms with Crippen molar-refractivity contribution in [3.05, 3.63) is 59.8 Å². The van der Waals surface area contributed by atoms with E-state index in [1.54, 1.807) is 6.20 Å². The fraction of sp³-hybridized carbons (Fsp3) is 0.480. The standard InChI is InChI=1S/C25H35N5O2.HI/c1-4-26-25(28-16-21-10-11-23(27-15-21)32-19(2)3)29-17-22-14-24(31)30(18-22)13-12-20-8-6-5-7-9-20;/h5-11,15,19,22H,4,12-14,16-18H2,1-3H3,(H2,26,28,29);1H. The number of aromatic nitrogens is 1. The van der Waals surface area contributed by atoms with Crippen molar-refractivity contribution in [2.75, 3.05) is 26.2 Å². The summed E-state index contributed by atoms with van der Waals surface area (Å²) >= 11 is 0. The lowest BCUT2D eigenvalue weighted by Crippen LogP contribution is -2.40. The van der Waals surface area contributed by atoms with Gasteiger partial charge >= 0.3 is 0 Å². The normalized spacial score (nSPS) is 16.0. The van der Waals surface area contributed by atoms with Crippen LogP contribution in [0.4, 0.5) is 0 Å². The highest BCUT2D eigenvalue weighted by Gasteiger charge is 2.29. The lowest BCUT2D eigenvalue weighted by atomic mass is 10.1. The highest BCUT2D eigenvalue weighted by atomic mass is 127. The highest BCUT2D eigenvalue weighted by molar-refractivity contribution is 14.0. The molecule has 0 spiro atoms. The number of aliphatic imine (C=N–C) groups is 1. The van der Waals surface area contributed by atoms with Crippen LogP contribution in [-0.2, 0) is 17.8 Å². The van der Waals surface area contributed by atoms with Gasteiger partial charge in [0.1, 0.15) is 0 Å². The van der Waals surface area contributed by atoms with Gasteiger partial charge in [-0.25, -0.2) is 9.98 Å². The molecule has 3 rings (SSSR count). The number of rotatable bonds is 10.